The quantitative estimate of drug-likeness (QED) is 0.645. The maximum atomic E-state index is 13.7. The molecule has 0 aliphatic carbocycles. The van der Waals surface area contributed by atoms with E-state index in [1.54, 1.807) is 0 Å². The molecule has 0 aromatic heterocycles. The number of carbonyl (C=O) groups excluding carboxylic acids is 1. The van der Waals surface area contributed by atoms with E-state index in [-0.39, 0.29) is 11.1 Å². The summed E-state index contributed by atoms with van der Waals surface area (Å²) in [5.74, 6) is -1.45. The molecule has 2 aromatic rings. The highest BCUT2D eigenvalue weighted by Gasteiger charge is 2.11. The minimum absolute atomic E-state index is 0.151. The second-order valence-electron chi connectivity index (χ2n) is 5.11. The summed E-state index contributed by atoms with van der Waals surface area (Å²) in [6.45, 7) is 0. The lowest BCUT2D eigenvalue weighted by Gasteiger charge is -2.14. The highest BCUT2D eigenvalue weighted by atomic mass is 79.9. The molecule has 0 fully saturated rings. The first kappa shape index (κ1) is 17.6. The molecule has 0 radical (unpaired) electrons. The molecule has 0 saturated carbocycles. The average Bonchev–Trinajstić information content (AvgIpc) is 2.54. The first-order valence-corrected chi connectivity index (χ1v) is 7.71. The fourth-order valence-electron chi connectivity index (χ4n) is 1.96. The molecular formula is C17H14BrFN4O. The van der Waals surface area contributed by atoms with Gasteiger partial charge in [-0.05, 0) is 51.8 Å². The summed E-state index contributed by atoms with van der Waals surface area (Å²) in [6.07, 6.45) is 1.46. The van der Waals surface area contributed by atoms with Crippen molar-refractivity contribution in [3.63, 3.8) is 0 Å². The molecular weight excluding hydrogens is 375 g/mol. The number of hydrogen-bond acceptors (Lipinski definition) is 4. The molecule has 7 heteroatoms. The second kappa shape index (κ2) is 7.70. The number of hydrazone groups is 1. The molecule has 24 heavy (non-hydrogen) atoms. The molecule has 2 aromatic carbocycles. The van der Waals surface area contributed by atoms with Crippen LogP contribution in [0.2, 0.25) is 0 Å². The predicted molar refractivity (Wildman–Crippen MR) is 94.6 cm³/mol. The van der Waals surface area contributed by atoms with Gasteiger partial charge in [-0.3, -0.25) is 4.79 Å². The van der Waals surface area contributed by atoms with Crippen LogP contribution in [0.1, 0.15) is 21.5 Å². The van der Waals surface area contributed by atoms with Gasteiger partial charge in [-0.15, -0.1) is 0 Å². The number of halogens is 2. The van der Waals surface area contributed by atoms with Crippen LogP contribution in [0.5, 0.6) is 0 Å². The molecule has 2 rings (SSSR count). The van der Waals surface area contributed by atoms with Gasteiger partial charge in [0.05, 0.1) is 29.1 Å². The number of carbonyl (C=O) groups is 1. The van der Waals surface area contributed by atoms with Crippen molar-refractivity contribution in [2.24, 2.45) is 5.10 Å². The van der Waals surface area contributed by atoms with Gasteiger partial charge in [0.25, 0.3) is 5.91 Å². The van der Waals surface area contributed by atoms with E-state index >= 15 is 0 Å². The Bertz CT molecular complexity index is 843. The number of nitrogens with zero attached hydrogens (tertiary/aromatic N) is 3. The van der Waals surface area contributed by atoms with Crippen molar-refractivity contribution in [1.82, 2.24) is 5.43 Å². The standard InChI is InChI=1S/C17H14BrFN4O/c1-23(2)16-6-4-12(7-14(16)18)10-21-22-17(24)13-5-3-11(9-20)8-15(13)19/h3-8,10H,1-2H3,(H,22,24)/b21-10+. The Morgan fingerprint density at radius 1 is 1.33 bits per heavy atom. The first-order valence-electron chi connectivity index (χ1n) is 6.92. The molecule has 0 heterocycles. The molecule has 0 aliphatic rings. The highest BCUT2D eigenvalue weighted by molar-refractivity contribution is 9.10. The van der Waals surface area contributed by atoms with Crippen LogP contribution in [-0.2, 0) is 0 Å². The van der Waals surface area contributed by atoms with Crippen molar-refractivity contribution in [3.05, 3.63) is 63.4 Å². The summed E-state index contributed by atoms with van der Waals surface area (Å²) in [5, 5.41) is 12.5. The SMILES string of the molecule is CN(C)c1ccc(/C=N/NC(=O)c2ccc(C#N)cc2F)cc1Br. The van der Waals surface area contributed by atoms with Gasteiger partial charge in [0.1, 0.15) is 5.82 Å². The molecule has 0 aliphatic heterocycles. The van der Waals surface area contributed by atoms with Crippen LogP contribution < -0.4 is 10.3 Å². The molecule has 0 atom stereocenters. The molecule has 5 nitrogen and oxygen atoms in total. The average molecular weight is 389 g/mol. The maximum absolute atomic E-state index is 13.7. The first-order chi connectivity index (χ1) is 11.4. The van der Waals surface area contributed by atoms with E-state index in [1.165, 1.54) is 18.3 Å². The van der Waals surface area contributed by atoms with E-state index in [2.05, 4.69) is 26.5 Å². The summed E-state index contributed by atoms with van der Waals surface area (Å²) < 4.78 is 14.6. The van der Waals surface area contributed by atoms with E-state index in [0.717, 1.165) is 21.8 Å². The molecule has 0 saturated heterocycles. The van der Waals surface area contributed by atoms with Gasteiger partial charge < -0.3 is 4.90 Å². The lowest BCUT2D eigenvalue weighted by molar-refractivity contribution is 0.0951. The van der Waals surface area contributed by atoms with E-state index in [1.807, 2.05) is 43.3 Å². The molecule has 122 valence electrons. The largest absolute Gasteiger partial charge is 0.377 e. The predicted octanol–water partition coefficient (Wildman–Crippen LogP) is 3.29. The van der Waals surface area contributed by atoms with E-state index in [4.69, 9.17) is 5.26 Å². The van der Waals surface area contributed by atoms with Crippen LogP contribution >= 0.6 is 15.9 Å². The van der Waals surface area contributed by atoms with Crippen LogP contribution in [0.15, 0.2) is 46.0 Å². The van der Waals surface area contributed by atoms with Gasteiger partial charge in [0, 0.05) is 18.6 Å². The smallest absolute Gasteiger partial charge is 0.274 e. The number of hydrogen-bond donors (Lipinski definition) is 1. The van der Waals surface area contributed by atoms with Crippen molar-refractivity contribution in [3.8, 4) is 6.07 Å². The minimum Gasteiger partial charge on any atom is -0.377 e. The molecule has 1 N–H and O–H groups in total. The van der Waals surface area contributed by atoms with Gasteiger partial charge in [-0.1, -0.05) is 6.07 Å². The number of nitriles is 1. The molecule has 0 bridgehead atoms. The number of rotatable bonds is 4. The van der Waals surface area contributed by atoms with Crippen molar-refractivity contribution in [1.29, 1.82) is 5.26 Å². The highest BCUT2D eigenvalue weighted by Crippen LogP contribution is 2.25. The number of amides is 1. The number of benzene rings is 2. The van der Waals surface area contributed by atoms with Crippen molar-refractivity contribution in [2.75, 3.05) is 19.0 Å². The Morgan fingerprint density at radius 2 is 2.08 bits per heavy atom. The van der Waals surface area contributed by atoms with Crippen LogP contribution in [0.4, 0.5) is 10.1 Å². The fraction of sp³-hybridized carbons (Fsp3) is 0.118. The zero-order valence-electron chi connectivity index (χ0n) is 13.0. The Morgan fingerprint density at radius 3 is 2.67 bits per heavy atom. The monoisotopic (exact) mass is 388 g/mol. The Balaban J connectivity index is 2.08. The zero-order chi connectivity index (χ0) is 17.7. The molecule has 1 amide bonds. The third-order valence-electron chi connectivity index (χ3n) is 3.18. The van der Waals surface area contributed by atoms with Gasteiger partial charge in [-0.25, -0.2) is 9.82 Å². The van der Waals surface area contributed by atoms with Crippen LogP contribution in [0, 0.1) is 17.1 Å². The maximum Gasteiger partial charge on any atom is 0.274 e. The van der Waals surface area contributed by atoms with Crippen molar-refractivity contribution >= 4 is 33.7 Å². The summed E-state index contributed by atoms with van der Waals surface area (Å²) >= 11 is 3.46. The number of nitrogens with one attached hydrogen (secondary N) is 1. The summed E-state index contributed by atoms with van der Waals surface area (Å²) in [7, 11) is 3.86. The van der Waals surface area contributed by atoms with E-state index < -0.39 is 11.7 Å². The normalized spacial score (nSPS) is 10.5. The van der Waals surface area contributed by atoms with Crippen LogP contribution in [0.25, 0.3) is 0 Å². The fourth-order valence-corrected chi connectivity index (χ4v) is 2.71. The van der Waals surface area contributed by atoms with Crippen LogP contribution in [-0.4, -0.2) is 26.2 Å². The van der Waals surface area contributed by atoms with E-state index in [9.17, 15) is 9.18 Å². The zero-order valence-corrected chi connectivity index (χ0v) is 14.6. The lowest BCUT2D eigenvalue weighted by atomic mass is 10.1. The Kier molecular flexibility index (Phi) is 5.66. The third kappa shape index (κ3) is 4.18. The molecule has 0 spiro atoms. The Labute approximate surface area is 147 Å². The van der Waals surface area contributed by atoms with Crippen molar-refractivity contribution in [2.45, 2.75) is 0 Å². The third-order valence-corrected chi connectivity index (χ3v) is 3.81. The Hall–Kier alpha value is -2.72. The summed E-state index contributed by atoms with van der Waals surface area (Å²) in [4.78, 5) is 13.9. The van der Waals surface area contributed by atoms with E-state index in [0.29, 0.717) is 0 Å². The topological polar surface area (TPSA) is 68.5 Å². The summed E-state index contributed by atoms with van der Waals surface area (Å²) in [5.41, 5.74) is 4.03. The van der Waals surface area contributed by atoms with Gasteiger partial charge in [0.2, 0.25) is 0 Å². The second-order valence-corrected chi connectivity index (χ2v) is 5.97. The van der Waals surface area contributed by atoms with Gasteiger partial charge in [-0.2, -0.15) is 10.4 Å². The minimum atomic E-state index is -0.764. The lowest BCUT2D eigenvalue weighted by Crippen LogP contribution is -2.19. The van der Waals surface area contributed by atoms with Crippen molar-refractivity contribution < 1.29 is 9.18 Å². The number of anilines is 1. The van der Waals surface area contributed by atoms with Crippen LogP contribution in [0.3, 0.4) is 0 Å². The summed E-state index contributed by atoms with van der Waals surface area (Å²) in [6, 6.07) is 11.1. The molecule has 0 unspecified atom stereocenters. The van der Waals surface area contributed by atoms with Gasteiger partial charge >= 0.3 is 0 Å². The van der Waals surface area contributed by atoms with Gasteiger partial charge in [0.15, 0.2) is 0 Å².